The van der Waals surface area contributed by atoms with Crippen molar-refractivity contribution in [2.45, 2.75) is 26.4 Å². The van der Waals surface area contributed by atoms with Crippen LogP contribution in [0.25, 0.3) is 0 Å². The summed E-state index contributed by atoms with van der Waals surface area (Å²) in [7, 11) is 0. The average Bonchev–Trinajstić information content (AvgIpc) is 2.50. The molecule has 0 fully saturated rings. The van der Waals surface area contributed by atoms with Crippen LogP contribution in [0.2, 0.25) is 0 Å². The summed E-state index contributed by atoms with van der Waals surface area (Å²) in [6, 6.07) is 17.9. The van der Waals surface area contributed by atoms with Gasteiger partial charge >= 0.3 is 5.97 Å². The van der Waals surface area contributed by atoms with E-state index in [0.717, 1.165) is 17.7 Å². The average molecular weight is 284 g/mol. The fourth-order valence-electron chi connectivity index (χ4n) is 2.08. The Labute approximate surface area is 125 Å². The summed E-state index contributed by atoms with van der Waals surface area (Å²) in [5, 5.41) is 0. The number of para-hydroxylation sites is 1. The minimum atomic E-state index is -0.609. The van der Waals surface area contributed by atoms with Crippen LogP contribution >= 0.6 is 0 Å². The molecule has 1 atom stereocenters. The van der Waals surface area contributed by atoms with Crippen molar-refractivity contribution in [2.24, 2.45) is 0 Å². The lowest BCUT2D eigenvalue weighted by Crippen LogP contribution is -2.26. The predicted octanol–water partition coefficient (Wildman–Crippen LogP) is 3.61. The standard InChI is InChI=1S/C18H20O3/c1-3-20-18(19)14(2)21-17-12-8-7-11-16(17)13-15-9-5-4-6-10-15/h4-12,14H,3,13H2,1-2H3. The summed E-state index contributed by atoms with van der Waals surface area (Å²) in [6.45, 7) is 3.85. The zero-order valence-electron chi connectivity index (χ0n) is 12.4. The molecule has 0 saturated carbocycles. The molecule has 21 heavy (non-hydrogen) atoms. The zero-order chi connectivity index (χ0) is 15.1. The second-order valence-corrected chi connectivity index (χ2v) is 4.78. The van der Waals surface area contributed by atoms with Crippen molar-refractivity contribution in [3.8, 4) is 5.75 Å². The molecular formula is C18H20O3. The monoisotopic (exact) mass is 284 g/mol. The number of hydrogen-bond acceptors (Lipinski definition) is 3. The maximum Gasteiger partial charge on any atom is 0.347 e. The molecule has 0 radical (unpaired) electrons. The highest BCUT2D eigenvalue weighted by molar-refractivity contribution is 5.74. The van der Waals surface area contributed by atoms with E-state index in [4.69, 9.17) is 9.47 Å². The van der Waals surface area contributed by atoms with Crippen molar-refractivity contribution < 1.29 is 14.3 Å². The number of esters is 1. The Morgan fingerprint density at radius 3 is 2.43 bits per heavy atom. The Morgan fingerprint density at radius 2 is 1.71 bits per heavy atom. The molecule has 0 aliphatic rings. The highest BCUT2D eigenvalue weighted by atomic mass is 16.6. The molecule has 0 N–H and O–H groups in total. The summed E-state index contributed by atoms with van der Waals surface area (Å²) in [4.78, 5) is 11.7. The third kappa shape index (κ3) is 4.35. The normalized spacial score (nSPS) is 11.7. The number of carbonyl (C=O) groups is 1. The molecule has 2 aromatic rings. The predicted molar refractivity (Wildman–Crippen MR) is 82.4 cm³/mol. The Balaban J connectivity index is 2.12. The zero-order valence-corrected chi connectivity index (χ0v) is 12.4. The van der Waals surface area contributed by atoms with Crippen molar-refractivity contribution in [3.05, 3.63) is 65.7 Å². The van der Waals surface area contributed by atoms with Crippen molar-refractivity contribution in [2.75, 3.05) is 6.61 Å². The van der Waals surface area contributed by atoms with Crippen LogP contribution in [0.5, 0.6) is 5.75 Å². The third-order valence-corrected chi connectivity index (χ3v) is 3.13. The van der Waals surface area contributed by atoms with Gasteiger partial charge in [-0.25, -0.2) is 4.79 Å². The van der Waals surface area contributed by atoms with Gasteiger partial charge in [0.15, 0.2) is 6.10 Å². The van der Waals surface area contributed by atoms with Crippen LogP contribution in [-0.4, -0.2) is 18.7 Å². The van der Waals surface area contributed by atoms with Crippen LogP contribution in [0.1, 0.15) is 25.0 Å². The largest absolute Gasteiger partial charge is 0.479 e. The second-order valence-electron chi connectivity index (χ2n) is 4.78. The van der Waals surface area contributed by atoms with Gasteiger partial charge in [-0.1, -0.05) is 48.5 Å². The fourth-order valence-corrected chi connectivity index (χ4v) is 2.08. The topological polar surface area (TPSA) is 35.5 Å². The SMILES string of the molecule is CCOC(=O)C(C)Oc1ccccc1Cc1ccccc1. The summed E-state index contributed by atoms with van der Waals surface area (Å²) >= 11 is 0. The molecule has 2 aromatic carbocycles. The van der Waals surface area contributed by atoms with Crippen LogP contribution in [0.3, 0.4) is 0 Å². The van der Waals surface area contributed by atoms with Crippen LogP contribution < -0.4 is 4.74 Å². The Hall–Kier alpha value is -2.29. The lowest BCUT2D eigenvalue weighted by molar-refractivity contribution is -0.150. The van der Waals surface area contributed by atoms with Gasteiger partial charge in [0.1, 0.15) is 5.75 Å². The Bertz CT molecular complexity index is 578. The molecular weight excluding hydrogens is 264 g/mol. The van der Waals surface area contributed by atoms with Crippen molar-refractivity contribution in [1.82, 2.24) is 0 Å². The number of ether oxygens (including phenoxy) is 2. The van der Waals surface area contributed by atoms with Gasteiger partial charge < -0.3 is 9.47 Å². The highest BCUT2D eigenvalue weighted by Gasteiger charge is 2.17. The highest BCUT2D eigenvalue weighted by Crippen LogP contribution is 2.22. The molecule has 0 heterocycles. The van der Waals surface area contributed by atoms with E-state index in [1.54, 1.807) is 13.8 Å². The lowest BCUT2D eigenvalue weighted by Gasteiger charge is -2.16. The lowest BCUT2D eigenvalue weighted by atomic mass is 10.0. The molecule has 3 nitrogen and oxygen atoms in total. The maximum absolute atomic E-state index is 11.7. The van der Waals surface area contributed by atoms with Crippen molar-refractivity contribution in [1.29, 1.82) is 0 Å². The summed E-state index contributed by atoms with van der Waals surface area (Å²) in [6.07, 6.45) is 0.161. The van der Waals surface area contributed by atoms with Crippen LogP contribution in [0.4, 0.5) is 0 Å². The first-order valence-corrected chi connectivity index (χ1v) is 7.16. The van der Waals surface area contributed by atoms with Gasteiger partial charge in [0, 0.05) is 6.42 Å². The number of benzene rings is 2. The number of rotatable bonds is 6. The quantitative estimate of drug-likeness (QED) is 0.760. The molecule has 0 aliphatic heterocycles. The van der Waals surface area contributed by atoms with Crippen molar-refractivity contribution >= 4 is 5.97 Å². The van der Waals surface area contributed by atoms with E-state index in [2.05, 4.69) is 12.1 Å². The first-order valence-electron chi connectivity index (χ1n) is 7.16. The molecule has 0 aromatic heterocycles. The minimum absolute atomic E-state index is 0.341. The van der Waals surface area contributed by atoms with Crippen molar-refractivity contribution in [3.63, 3.8) is 0 Å². The van der Waals surface area contributed by atoms with E-state index in [-0.39, 0.29) is 5.97 Å². The molecule has 3 heteroatoms. The van der Waals surface area contributed by atoms with E-state index < -0.39 is 6.10 Å². The maximum atomic E-state index is 11.7. The van der Waals surface area contributed by atoms with E-state index in [1.165, 1.54) is 5.56 Å². The second kappa shape index (κ2) is 7.48. The summed E-state index contributed by atoms with van der Waals surface area (Å²) in [5.41, 5.74) is 2.26. The van der Waals surface area contributed by atoms with Crippen LogP contribution in [-0.2, 0) is 16.0 Å². The van der Waals surface area contributed by atoms with Gasteiger partial charge in [-0.15, -0.1) is 0 Å². The number of hydrogen-bond donors (Lipinski definition) is 0. The first kappa shape index (κ1) is 15.1. The fraction of sp³-hybridized carbons (Fsp3) is 0.278. The smallest absolute Gasteiger partial charge is 0.347 e. The van der Waals surface area contributed by atoms with Crippen LogP contribution in [0, 0.1) is 0 Å². The Kier molecular flexibility index (Phi) is 5.38. The summed E-state index contributed by atoms with van der Waals surface area (Å²) < 4.78 is 10.7. The molecule has 0 saturated heterocycles. The first-order chi connectivity index (χ1) is 10.2. The minimum Gasteiger partial charge on any atom is -0.479 e. The van der Waals surface area contributed by atoms with Gasteiger partial charge in [-0.05, 0) is 31.0 Å². The van der Waals surface area contributed by atoms with Gasteiger partial charge in [-0.2, -0.15) is 0 Å². The van der Waals surface area contributed by atoms with E-state index in [1.807, 2.05) is 42.5 Å². The number of carbonyl (C=O) groups excluding carboxylic acids is 1. The van der Waals surface area contributed by atoms with E-state index in [0.29, 0.717) is 6.61 Å². The van der Waals surface area contributed by atoms with E-state index >= 15 is 0 Å². The molecule has 1 unspecified atom stereocenters. The van der Waals surface area contributed by atoms with Gasteiger partial charge in [0.2, 0.25) is 0 Å². The van der Waals surface area contributed by atoms with Crippen LogP contribution in [0.15, 0.2) is 54.6 Å². The van der Waals surface area contributed by atoms with E-state index in [9.17, 15) is 4.79 Å². The van der Waals surface area contributed by atoms with Gasteiger partial charge in [0.05, 0.1) is 6.61 Å². The third-order valence-electron chi connectivity index (χ3n) is 3.13. The molecule has 2 rings (SSSR count). The van der Waals surface area contributed by atoms with Gasteiger partial charge in [0.25, 0.3) is 0 Å². The van der Waals surface area contributed by atoms with Gasteiger partial charge in [-0.3, -0.25) is 0 Å². The molecule has 0 amide bonds. The molecule has 0 spiro atoms. The Morgan fingerprint density at radius 1 is 1.05 bits per heavy atom. The molecule has 110 valence electrons. The molecule has 0 bridgehead atoms. The summed E-state index contributed by atoms with van der Waals surface area (Å²) in [5.74, 6) is 0.383. The molecule has 0 aliphatic carbocycles.